The molecular weight excluding hydrogens is 410 g/mol. The predicted octanol–water partition coefficient (Wildman–Crippen LogP) is 3.32. The first-order valence-electron chi connectivity index (χ1n) is 9.37. The Hall–Kier alpha value is -2.19. The van der Waals surface area contributed by atoms with Gasteiger partial charge in [0.25, 0.3) is 0 Å². The van der Waals surface area contributed by atoms with E-state index in [1.165, 1.54) is 29.4 Å². The minimum atomic E-state index is -3.63. The molecule has 2 aromatic rings. The van der Waals surface area contributed by atoms with E-state index in [9.17, 15) is 13.2 Å². The molecule has 0 atom stereocenters. The lowest BCUT2D eigenvalue weighted by Crippen LogP contribution is -2.48. The van der Waals surface area contributed by atoms with Crippen LogP contribution in [0, 0.1) is 0 Å². The third-order valence-electron chi connectivity index (χ3n) is 4.69. The number of piperazine rings is 1. The number of hydrogen-bond donors (Lipinski definition) is 1. The summed E-state index contributed by atoms with van der Waals surface area (Å²) in [5.74, 6) is -0.264. The number of halogens is 1. The number of amides is 1. The van der Waals surface area contributed by atoms with Crippen LogP contribution in [-0.2, 0) is 14.8 Å². The Kier molecular flexibility index (Phi) is 7.08. The molecule has 1 fully saturated rings. The smallest absolute Gasteiger partial charge is 0.243 e. The van der Waals surface area contributed by atoms with Crippen LogP contribution in [0.5, 0.6) is 0 Å². The average Bonchev–Trinajstić information content (AvgIpc) is 2.70. The number of rotatable bonds is 6. The fourth-order valence-corrected chi connectivity index (χ4v) is 4.89. The normalized spacial score (nSPS) is 16.2. The zero-order valence-corrected chi connectivity index (χ0v) is 17.8. The van der Waals surface area contributed by atoms with Crippen LogP contribution in [0.1, 0.15) is 12.5 Å². The first kappa shape index (κ1) is 21.5. The maximum absolute atomic E-state index is 12.9. The van der Waals surface area contributed by atoms with Crippen molar-refractivity contribution >= 4 is 39.3 Å². The lowest BCUT2D eigenvalue weighted by molar-refractivity contribution is -0.114. The summed E-state index contributed by atoms with van der Waals surface area (Å²) in [6.45, 7) is 4.32. The van der Waals surface area contributed by atoms with Gasteiger partial charge in [0.15, 0.2) is 0 Å². The van der Waals surface area contributed by atoms with Crippen molar-refractivity contribution in [3.63, 3.8) is 0 Å². The molecule has 3 rings (SSSR count). The summed E-state index contributed by atoms with van der Waals surface area (Å²) in [6.07, 6.45) is 4.17. The van der Waals surface area contributed by atoms with Crippen LogP contribution < -0.4 is 5.32 Å². The maximum Gasteiger partial charge on any atom is 0.243 e. The number of benzene rings is 2. The second kappa shape index (κ2) is 9.54. The van der Waals surface area contributed by atoms with Crippen LogP contribution in [-0.4, -0.2) is 56.3 Å². The highest BCUT2D eigenvalue weighted by atomic mass is 35.5. The molecule has 6 nitrogen and oxygen atoms in total. The molecular formula is C21H24ClN3O3S. The molecule has 29 heavy (non-hydrogen) atoms. The largest absolute Gasteiger partial charge is 0.325 e. The Morgan fingerprint density at radius 1 is 1.10 bits per heavy atom. The molecule has 0 unspecified atom stereocenters. The fraction of sp³-hybridized carbons (Fsp3) is 0.286. The van der Waals surface area contributed by atoms with Gasteiger partial charge in [-0.15, -0.1) is 0 Å². The second-order valence-electron chi connectivity index (χ2n) is 6.84. The minimum Gasteiger partial charge on any atom is -0.325 e. The number of carbonyl (C=O) groups excluding carboxylic acids is 1. The standard InChI is InChI=1S/C21H24ClN3O3S/c1-17(26)23-21-10-9-19(16-20(21)22)29(27,28)25-14-12-24(13-15-25)11-5-8-18-6-3-2-4-7-18/h2-10,16H,11-15H2,1H3,(H,23,26). The Bertz CT molecular complexity index is 985. The van der Waals surface area contributed by atoms with Gasteiger partial charge >= 0.3 is 0 Å². The number of carbonyl (C=O) groups is 1. The summed E-state index contributed by atoms with van der Waals surface area (Å²) < 4.78 is 27.3. The summed E-state index contributed by atoms with van der Waals surface area (Å²) in [7, 11) is -3.63. The van der Waals surface area contributed by atoms with Gasteiger partial charge in [0.1, 0.15) is 0 Å². The Morgan fingerprint density at radius 2 is 1.79 bits per heavy atom. The zero-order chi connectivity index (χ0) is 20.9. The molecule has 8 heteroatoms. The van der Waals surface area contributed by atoms with Crippen molar-refractivity contribution in [2.45, 2.75) is 11.8 Å². The third kappa shape index (κ3) is 5.67. The lowest BCUT2D eigenvalue weighted by Gasteiger charge is -2.33. The van der Waals surface area contributed by atoms with E-state index in [0.29, 0.717) is 31.9 Å². The van der Waals surface area contributed by atoms with E-state index in [0.717, 1.165) is 12.1 Å². The van der Waals surface area contributed by atoms with Gasteiger partial charge in [-0.1, -0.05) is 54.1 Å². The molecule has 154 valence electrons. The van der Waals surface area contributed by atoms with Crippen LogP contribution in [0.4, 0.5) is 5.69 Å². The molecule has 1 heterocycles. The van der Waals surface area contributed by atoms with Crippen molar-refractivity contribution in [2.75, 3.05) is 38.0 Å². The van der Waals surface area contributed by atoms with Gasteiger partial charge < -0.3 is 5.32 Å². The first-order valence-corrected chi connectivity index (χ1v) is 11.2. The van der Waals surface area contributed by atoms with E-state index in [-0.39, 0.29) is 15.8 Å². The zero-order valence-electron chi connectivity index (χ0n) is 16.2. The maximum atomic E-state index is 12.9. The number of anilines is 1. The van der Waals surface area contributed by atoms with E-state index < -0.39 is 10.0 Å². The van der Waals surface area contributed by atoms with Gasteiger partial charge in [0.2, 0.25) is 15.9 Å². The highest BCUT2D eigenvalue weighted by Gasteiger charge is 2.28. The van der Waals surface area contributed by atoms with Crippen LogP contribution in [0.2, 0.25) is 5.02 Å². The van der Waals surface area contributed by atoms with E-state index in [4.69, 9.17) is 11.6 Å². The molecule has 1 aliphatic heterocycles. The number of nitrogens with zero attached hydrogens (tertiary/aromatic N) is 2. The molecule has 0 aliphatic carbocycles. The van der Waals surface area contributed by atoms with Crippen molar-refractivity contribution in [3.8, 4) is 0 Å². The third-order valence-corrected chi connectivity index (χ3v) is 6.90. The average molecular weight is 434 g/mol. The van der Waals surface area contributed by atoms with Crippen LogP contribution in [0.25, 0.3) is 6.08 Å². The quantitative estimate of drug-likeness (QED) is 0.758. The fourth-order valence-electron chi connectivity index (χ4n) is 3.15. The van der Waals surface area contributed by atoms with Gasteiger partial charge in [0.05, 0.1) is 15.6 Å². The molecule has 1 aliphatic rings. The van der Waals surface area contributed by atoms with Crippen molar-refractivity contribution < 1.29 is 13.2 Å². The van der Waals surface area contributed by atoms with Gasteiger partial charge in [-0.3, -0.25) is 9.69 Å². The molecule has 0 aromatic heterocycles. The molecule has 0 bridgehead atoms. The van der Waals surface area contributed by atoms with Gasteiger partial charge in [-0.2, -0.15) is 4.31 Å². The van der Waals surface area contributed by atoms with E-state index in [1.807, 2.05) is 30.3 Å². The molecule has 0 saturated carbocycles. The Morgan fingerprint density at radius 3 is 2.41 bits per heavy atom. The number of sulfonamides is 1. The summed E-state index contributed by atoms with van der Waals surface area (Å²) in [4.78, 5) is 13.5. The second-order valence-corrected chi connectivity index (χ2v) is 9.19. The summed E-state index contributed by atoms with van der Waals surface area (Å²) in [5, 5.41) is 2.78. The van der Waals surface area contributed by atoms with Gasteiger partial charge in [-0.25, -0.2) is 8.42 Å². The molecule has 0 radical (unpaired) electrons. The van der Waals surface area contributed by atoms with Gasteiger partial charge in [0, 0.05) is 39.6 Å². The van der Waals surface area contributed by atoms with Crippen LogP contribution >= 0.6 is 11.6 Å². The Labute approximate surface area is 176 Å². The molecule has 1 saturated heterocycles. The van der Waals surface area contributed by atoms with Crippen molar-refractivity contribution in [2.24, 2.45) is 0 Å². The topological polar surface area (TPSA) is 69.7 Å². The summed E-state index contributed by atoms with van der Waals surface area (Å²) in [5.41, 5.74) is 1.54. The molecule has 2 aromatic carbocycles. The predicted molar refractivity (Wildman–Crippen MR) is 116 cm³/mol. The van der Waals surface area contributed by atoms with Crippen LogP contribution in [0.3, 0.4) is 0 Å². The monoisotopic (exact) mass is 433 g/mol. The highest BCUT2D eigenvalue weighted by Crippen LogP contribution is 2.27. The molecule has 0 spiro atoms. The van der Waals surface area contributed by atoms with Crippen molar-refractivity contribution in [1.82, 2.24) is 9.21 Å². The van der Waals surface area contributed by atoms with Crippen molar-refractivity contribution in [1.29, 1.82) is 0 Å². The van der Waals surface area contributed by atoms with E-state index in [2.05, 4.69) is 22.4 Å². The lowest BCUT2D eigenvalue weighted by atomic mass is 10.2. The number of nitrogens with one attached hydrogen (secondary N) is 1. The minimum absolute atomic E-state index is 0.133. The summed E-state index contributed by atoms with van der Waals surface area (Å²) in [6, 6.07) is 14.4. The van der Waals surface area contributed by atoms with E-state index in [1.54, 1.807) is 0 Å². The Balaban J connectivity index is 1.59. The molecule has 1 N–H and O–H groups in total. The van der Waals surface area contributed by atoms with Crippen LogP contribution in [0.15, 0.2) is 59.5 Å². The number of hydrogen-bond acceptors (Lipinski definition) is 4. The van der Waals surface area contributed by atoms with Crippen molar-refractivity contribution in [3.05, 3.63) is 65.2 Å². The summed E-state index contributed by atoms with van der Waals surface area (Å²) >= 11 is 6.14. The first-order chi connectivity index (χ1) is 13.9. The van der Waals surface area contributed by atoms with Gasteiger partial charge in [-0.05, 0) is 23.8 Å². The SMILES string of the molecule is CC(=O)Nc1ccc(S(=O)(=O)N2CCN(CC=Cc3ccccc3)CC2)cc1Cl. The highest BCUT2D eigenvalue weighted by molar-refractivity contribution is 7.89. The van der Waals surface area contributed by atoms with E-state index >= 15 is 0 Å². The molecule has 1 amide bonds.